The third-order valence-electron chi connectivity index (χ3n) is 5.18. The molecule has 162 valence electrons. The van der Waals surface area contributed by atoms with Gasteiger partial charge in [-0.1, -0.05) is 55.3 Å². The number of benzene rings is 3. The summed E-state index contributed by atoms with van der Waals surface area (Å²) in [4.78, 5) is 30.9. The Kier molecular flexibility index (Phi) is 6.31. The van der Waals surface area contributed by atoms with Gasteiger partial charge in [-0.2, -0.15) is 4.68 Å². The van der Waals surface area contributed by atoms with Crippen LogP contribution < -0.4 is 15.7 Å². The first kappa shape index (κ1) is 21.3. The van der Waals surface area contributed by atoms with Crippen LogP contribution >= 0.6 is 0 Å². The van der Waals surface area contributed by atoms with E-state index in [1.807, 2.05) is 37.3 Å². The van der Waals surface area contributed by atoms with Crippen molar-refractivity contribution in [1.29, 1.82) is 0 Å². The molecule has 4 rings (SSSR count). The smallest absolute Gasteiger partial charge is 0.280 e. The number of hydrogen-bond acceptors (Lipinski definition) is 4. The van der Waals surface area contributed by atoms with Gasteiger partial charge >= 0.3 is 0 Å². The summed E-state index contributed by atoms with van der Waals surface area (Å²) in [6, 6.07) is 21.6. The summed E-state index contributed by atoms with van der Waals surface area (Å²) in [7, 11) is 0. The minimum Gasteiger partial charge on any atom is -0.494 e. The average Bonchev–Trinajstić information content (AvgIpc) is 2.82. The monoisotopic (exact) mass is 427 g/mol. The van der Waals surface area contributed by atoms with Gasteiger partial charge in [0.05, 0.1) is 17.5 Å². The molecule has 4 aromatic rings. The van der Waals surface area contributed by atoms with Gasteiger partial charge in [0.15, 0.2) is 5.82 Å². The number of carbonyl (C=O) groups excluding carboxylic acids is 1. The molecule has 0 aliphatic rings. The number of fused-ring (bicyclic) bond motifs is 1. The second kappa shape index (κ2) is 9.47. The van der Waals surface area contributed by atoms with Crippen LogP contribution in [0.4, 0.5) is 0 Å². The van der Waals surface area contributed by atoms with Gasteiger partial charge in [0.1, 0.15) is 5.75 Å². The standard InChI is InChI=1S/C26H25N3O3/c1-3-4-17-32-21-15-13-20(14-16-21)25(30)28-29-24(19-11-9-18(2)10-12-19)27-23-8-6-5-7-22(23)26(29)31/h5-16H,3-4,17H2,1-2H3,(H,28,30). The number of unbranched alkanes of at least 4 members (excludes halogenated alkanes) is 1. The van der Waals surface area contributed by atoms with E-state index in [1.54, 1.807) is 42.5 Å². The van der Waals surface area contributed by atoms with Gasteiger partial charge in [-0.3, -0.25) is 15.0 Å². The Hall–Kier alpha value is -3.93. The molecule has 1 aromatic heterocycles. The molecule has 6 heteroatoms. The molecule has 1 amide bonds. The molecule has 1 N–H and O–H groups in total. The topological polar surface area (TPSA) is 73.2 Å². The zero-order valence-corrected chi connectivity index (χ0v) is 18.2. The Balaban J connectivity index is 1.69. The molecule has 0 spiro atoms. The van der Waals surface area contributed by atoms with Gasteiger partial charge in [-0.05, 0) is 49.7 Å². The minimum atomic E-state index is -0.405. The van der Waals surface area contributed by atoms with E-state index in [-0.39, 0.29) is 5.56 Å². The summed E-state index contributed by atoms with van der Waals surface area (Å²) in [5.74, 6) is 0.680. The van der Waals surface area contributed by atoms with Gasteiger partial charge in [-0.25, -0.2) is 4.98 Å². The molecule has 0 aliphatic carbocycles. The molecule has 0 saturated carbocycles. The number of nitrogens with one attached hydrogen (secondary N) is 1. The number of carbonyl (C=O) groups is 1. The quantitative estimate of drug-likeness (QED) is 0.424. The summed E-state index contributed by atoms with van der Waals surface area (Å²) in [5.41, 5.74) is 5.22. The SMILES string of the molecule is CCCCOc1ccc(C(=O)Nn2c(-c3ccc(C)cc3)nc3ccccc3c2=O)cc1. The van der Waals surface area contributed by atoms with Crippen LogP contribution in [0.3, 0.4) is 0 Å². The first-order valence-electron chi connectivity index (χ1n) is 10.7. The first-order chi connectivity index (χ1) is 15.6. The van der Waals surface area contributed by atoms with Gasteiger partial charge in [0.2, 0.25) is 0 Å². The molecule has 1 heterocycles. The lowest BCUT2D eigenvalue weighted by molar-refractivity contribution is 0.101. The van der Waals surface area contributed by atoms with Crippen LogP contribution in [0.2, 0.25) is 0 Å². The number of hydrogen-bond donors (Lipinski definition) is 1. The number of nitrogens with zero attached hydrogens (tertiary/aromatic N) is 2. The van der Waals surface area contributed by atoms with Crippen LogP contribution in [0.15, 0.2) is 77.6 Å². The second-order valence-corrected chi connectivity index (χ2v) is 7.63. The molecule has 0 saturated heterocycles. The summed E-state index contributed by atoms with van der Waals surface area (Å²) >= 11 is 0. The van der Waals surface area contributed by atoms with Gasteiger partial charge in [-0.15, -0.1) is 0 Å². The highest BCUT2D eigenvalue weighted by atomic mass is 16.5. The van der Waals surface area contributed by atoms with E-state index in [1.165, 1.54) is 4.68 Å². The number of amides is 1. The van der Waals surface area contributed by atoms with Gasteiger partial charge < -0.3 is 4.74 Å². The Bertz CT molecular complexity index is 1290. The van der Waals surface area contributed by atoms with Gasteiger partial charge in [0, 0.05) is 11.1 Å². The van der Waals surface area contributed by atoms with Crippen molar-refractivity contribution >= 4 is 16.8 Å². The highest BCUT2D eigenvalue weighted by molar-refractivity contribution is 6.00. The zero-order valence-electron chi connectivity index (χ0n) is 18.2. The Morgan fingerprint density at radius 2 is 1.72 bits per heavy atom. The molecule has 0 fully saturated rings. The van der Waals surface area contributed by atoms with Crippen molar-refractivity contribution in [2.24, 2.45) is 0 Å². The summed E-state index contributed by atoms with van der Waals surface area (Å²) in [5, 5.41) is 0.434. The van der Waals surface area contributed by atoms with Crippen molar-refractivity contribution in [3.05, 3.63) is 94.3 Å². The van der Waals surface area contributed by atoms with Crippen molar-refractivity contribution in [1.82, 2.24) is 9.66 Å². The third kappa shape index (κ3) is 4.54. The van der Waals surface area contributed by atoms with Crippen LogP contribution in [0.1, 0.15) is 35.7 Å². The molecule has 0 unspecified atom stereocenters. The number of rotatable bonds is 7. The second-order valence-electron chi connectivity index (χ2n) is 7.63. The van der Waals surface area contributed by atoms with Crippen LogP contribution in [-0.2, 0) is 0 Å². The lowest BCUT2D eigenvalue weighted by Crippen LogP contribution is -2.35. The molecule has 6 nitrogen and oxygen atoms in total. The number of ether oxygens (including phenoxy) is 1. The Labute approximate surface area is 186 Å². The molecular weight excluding hydrogens is 402 g/mol. The van der Waals surface area contributed by atoms with Crippen LogP contribution in [0.25, 0.3) is 22.3 Å². The third-order valence-corrected chi connectivity index (χ3v) is 5.18. The van der Waals surface area contributed by atoms with E-state index in [0.717, 1.165) is 24.0 Å². The van der Waals surface area contributed by atoms with Crippen LogP contribution in [0, 0.1) is 6.92 Å². The fourth-order valence-electron chi connectivity index (χ4n) is 3.34. The predicted molar refractivity (Wildman–Crippen MR) is 127 cm³/mol. The predicted octanol–water partition coefficient (Wildman–Crippen LogP) is 4.93. The Morgan fingerprint density at radius 3 is 2.44 bits per heavy atom. The molecule has 0 radical (unpaired) electrons. The van der Waals surface area contributed by atoms with E-state index in [0.29, 0.717) is 34.6 Å². The molecular formula is C26H25N3O3. The molecule has 0 aliphatic heterocycles. The largest absolute Gasteiger partial charge is 0.494 e. The number of para-hydroxylation sites is 1. The zero-order chi connectivity index (χ0) is 22.5. The molecule has 0 bridgehead atoms. The van der Waals surface area contributed by atoms with Crippen LogP contribution in [-0.4, -0.2) is 22.2 Å². The normalized spacial score (nSPS) is 10.8. The maximum Gasteiger partial charge on any atom is 0.280 e. The molecule has 3 aromatic carbocycles. The van der Waals surface area contributed by atoms with Crippen molar-refractivity contribution in [2.45, 2.75) is 26.7 Å². The fourth-order valence-corrected chi connectivity index (χ4v) is 3.34. The van der Waals surface area contributed by atoms with E-state index >= 15 is 0 Å². The lowest BCUT2D eigenvalue weighted by atomic mass is 10.1. The summed E-state index contributed by atoms with van der Waals surface area (Å²) in [6.45, 7) is 4.73. The highest BCUT2D eigenvalue weighted by Gasteiger charge is 2.16. The number of aryl methyl sites for hydroxylation is 1. The first-order valence-corrected chi connectivity index (χ1v) is 10.7. The van der Waals surface area contributed by atoms with E-state index in [4.69, 9.17) is 4.74 Å². The number of aromatic nitrogens is 2. The molecule has 32 heavy (non-hydrogen) atoms. The van der Waals surface area contributed by atoms with Crippen molar-refractivity contribution in [3.8, 4) is 17.1 Å². The van der Waals surface area contributed by atoms with Crippen molar-refractivity contribution in [3.63, 3.8) is 0 Å². The average molecular weight is 428 g/mol. The van der Waals surface area contributed by atoms with Crippen LogP contribution in [0.5, 0.6) is 5.75 Å². The fraction of sp³-hybridized carbons (Fsp3) is 0.192. The van der Waals surface area contributed by atoms with Gasteiger partial charge in [0.25, 0.3) is 11.5 Å². The van der Waals surface area contributed by atoms with Crippen molar-refractivity contribution in [2.75, 3.05) is 12.0 Å². The van der Waals surface area contributed by atoms with E-state index in [2.05, 4.69) is 17.3 Å². The minimum absolute atomic E-state index is 0.334. The maximum absolute atomic E-state index is 13.2. The summed E-state index contributed by atoms with van der Waals surface area (Å²) < 4.78 is 6.88. The highest BCUT2D eigenvalue weighted by Crippen LogP contribution is 2.19. The van der Waals surface area contributed by atoms with E-state index < -0.39 is 5.91 Å². The lowest BCUT2D eigenvalue weighted by Gasteiger charge is -2.15. The molecule has 0 atom stereocenters. The maximum atomic E-state index is 13.2. The Morgan fingerprint density at radius 1 is 1.00 bits per heavy atom. The summed E-state index contributed by atoms with van der Waals surface area (Å²) in [6.07, 6.45) is 2.03. The van der Waals surface area contributed by atoms with E-state index in [9.17, 15) is 9.59 Å². The van der Waals surface area contributed by atoms with Crippen molar-refractivity contribution < 1.29 is 9.53 Å².